The van der Waals surface area contributed by atoms with Gasteiger partial charge in [-0.1, -0.05) is 27.7 Å². The first-order valence-electron chi connectivity index (χ1n) is 11.5. The van der Waals surface area contributed by atoms with Crippen LogP contribution in [0.1, 0.15) is 27.7 Å². The third kappa shape index (κ3) is 28.7. The summed E-state index contributed by atoms with van der Waals surface area (Å²) >= 11 is 33.0. The molecule has 6 atom stereocenters. The van der Waals surface area contributed by atoms with Crippen LogP contribution >= 0.6 is 133 Å². The summed E-state index contributed by atoms with van der Waals surface area (Å²) in [5.41, 5.74) is 0. The number of rotatable bonds is 24. The second-order valence-corrected chi connectivity index (χ2v) is 20.0. The summed E-state index contributed by atoms with van der Waals surface area (Å²) in [7, 11) is 0. The third-order valence-electron chi connectivity index (χ3n) is 3.78. The smallest absolute Gasteiger partial charge is 0.0232 e. The fourth-order valence-electron chi connectivity index (χ4n) is 2.44. The molecule has 33 heavy (non-hydrogen) atoms. The van der Waals surface area contributed by atoms with E-state index in [4.69, 9.17) is 0 Å². The van der Waals surface area contributed by atoms with Gasteiger partial charge in [-0.2, -0.15) is 133 Å². The van der Waals surface area contributed by atoms with E-state index in [-0.39, 0.29) is 0 Å². The van der Waals surface area contributed by atoms with Crippen LogP contribution in [-0.4, -0.2) is 101 Å². The molecule has 0 amide bonds. The van der Waals surface area contributed by atoms with Gasteiger partial charge in [-0.15, -0.1) is 0 Å². The van der Waals surface area contributed by atoms with Gasteiger partial charge in [0.2, 0.25) is 0 Å². The Morgan fingerprint density at radius 2 is 0.636 bits per heavy atom. The lowest BCUT2D eigenvalue weighted by atomic mass is 10.5. The molecule has 0 radical (unpaired) electrons. The van der Waals surface area contributed by atoms with Crippen LogP contribution in [0.4, 0.5) is 0 Å². The molecule has 0 nitrogen and oxygen atoms in total. The Bertz CT molecular complexity index is 372. The molecule has 0 spiro atoms. The molecule has 0 fully saturated rings. The first-order chi connectivity index (χ1) is 15.7. The van der Waals surface area contributed by atoms with Gasteiger partial charge in [-0.3, -0.25) is 0 Å². The lowest BCUT2D eigenvalue weighted by Gasteiger charge is -2.24. The zero-order chi connectivity index (χ0) is 24.9. The molecule has 0 aliphatic heterocycles. The SMILES string of the molecule is CC(S)CSCCSCC(CSCC(C)S)SC(CSCCSCC(C)S)CSCC(C)S. The molecule has 0 aromatic carbocycles. The fourth-order valence-corrected chi connectivity index (χ4v) is 12.7. The molecule has 0 heterocycles. The van der Waals surface area contributed by atoms with E-state index in [0.717, 1.165) is 33.5 Å². The van der Waals surface area contributed by atoms with Gasteiger partial charge >= 0.3 is 0 Å². The van der Waals surface area contributed by atoms with Crippen LogP contribution in [0.5, 0.6) is 0 Å². The molecule has 0 bridgehead atoms. The maximum atomic E-state index is 4.59. The Morgan fingerprint density at radius 3 is 0.939 bits per heavy atom. The molecular formula is C22H46S11. The van der Waals surface area contributed by atoms with Gasteiger partial charge in [0.15, 0.2) is 0 Å². The van der Waals surface area contributed by atoms with E-state index in [1.807, 2.05) is 23.5 Å². The maximum Gasteiger partial charge on any atom is 0.0232 e. The zero-order valence-corrected chi connectivity index (χ0v) is 29.9. The van der Waals surface area contributed by atoms with Gasteiger partial charge in [-0.05, 0) is 0 Å². The van der Waals surface area contributed by atoms with E-state index < -0.39 is 0 Å². The summed E-state index contributed by atoms with van der Waals surface area (Å²) in [5, 5.41) is 3.39. The van der Waals surface area contributed by atoms with Crippen molar-refractivity contribution >= 4 is 133 Å². The van der Waals surface area contributed by atoms with Crippen molar-refractivity contribution in [1.29, 1.82) is 0 Å². The van der Waals surface area contributed by atoms with Crippen LogP contribution in [0, 0.1) is 0 Å². The molecule has 0 N–H and O–H groups in total. The third-order valence-corrected chi connectivity index (χ3v) is 15.8. The topological polar surface area (TPSA) is 0 Å². The van der Waals surface area contributed by atoms with E-state index in [9.17, 15) is 0 Å². The summed E-state index contributed by atoms with van der Waals surface area (Å²) in [6.07, 6.45) is 0. The first-order valence-corrected chi connectivity index (χ1v) is 21.5. The summed E-state index contributed by atoms with van der Waals surface area (Å²) in [5.74, 6) is 14.6. The number of thiol groups is 4. The Kier molecular flexibility index (Phi) is 29.1. The van der Waals surface area contributed by atoms with Crippen molar-refractivity contribution in [1.82, 2.24) is 0 Å². The Balaban J connectivity index is 4.58. The van der Waals surface area contributed by atoms with Crippen LogP contribution in [0.2, 0.25) is 0 Å². The van der Waals surface area contributed by atoms with Crippen molar-refractivity contribution in [2.24, 2.45) is 0 Å². The van der Waals surface area contributed by atoms with Crippen molar-refractivity contribution in [3.63, 3.8) is 0 Å². The Labute approximate surface area is 258 Å². The summed E-state index contributed by atoms with van der Waals surface area (Å²) in [6, 6.07) is 0. The van der Waals surface area contributed by atoms with Crippen LogP contribution in [0.3, 0.4) is 0 Å². The van der Waals surface area contributed by atoms with Gasteiger partial charge in [0.05, 0.1) is 0 Å². The highest BCUT2D eigenvalue weighted by molar-refractivity contribution is 8.08. The van der Waals surface area contributed by atoms with Crippen molar-refractivity contribution in [2.45, 2.75) is 59.2 Å². The monoisotopic (exact) mass is 662 g/mol. The molecule has 11 heteroatoms. The molecular weight excluding hydrogens is 617 g/mol. The number of thioether (sulfide) groups is 7. The summed E-state index contributed by atoms with van der Waals surface area (Å²) in [4.78, 5) is 0. The van der Waals surface area contributed by atoms with Gasteiger partial charge in [0.1, 0.15) is 0 Å². The molecule has 0 aliphatic carbocycles. The van der Waals surface area contributed by atoms with E-state index in [0.29, 0.717) is 21.0 Å². The van der Waals surface area contributed by atoms with Gasteiger partial charge in [0.25, 0.3) is 0 Å². The van der Waals surface area contributed by atoms with Crippen LogP contribution in [0.15, 0.2) is 0 Å². The number of hydrogen-bond donors (Lipinski definition) is 4. The second-order valence-electron chi connectivity index (χ2n) is 8.15. The molecule has 0 aromatic heterocycles. The van der Waals surface area contributed by atoms with E-state index in [1.54, 1.807) is 0 Å². The maximum absolute atomic E-state index is 4.59. The predicted octanol–water partition coefficient (Wildman–Crippen LogP) is 8.13. The minimum Gasteiger partial charge on any atom is -0.175 e. The van der Waals surface area contributed by atoms with Gasteiger partial charge < -0.3 is 0 Å². The quantitative estimate of drug-likeness (QED) is 0.0601. The van der Waals surface area contributed by atoms with Crippen LogP contribution < -0.4 is 0 Å². The molecule has 0 aromatic rings. The van der Waals surface area contributed by atoms with Crippen LogP contribution in [-0.2, 0) is 0 Å². The normalized spacial score (nSPS) is 17.5. The largest absolute Gasteiger partial charge is 0.175 e. The minimum atomic E-state index is 0.476. The number of hydrogen-bond acceptors (Lipinski definition) is 11. The van der Waals surface area contributed by atoms with Crippen molar-refractivity contribution in [3.8, 4) is 0 Å². The molecule has 6 unspecified atom stereocenters. The van der Waals surface area contributed by atoms with Gasteiger partial charge in [0, 0.05) is 101 Å². The van der Waals surface area contributed by atoms with Crippen molar-refractivity contribution < 1.29 is 0 Å². The fraction of sp³-hybridized carbons (Fsp3) is 1.00. The lowest BCUT2D eigenvalue weighted by Crippen LogP contribution is -2.21. The molecule has 0 aliphatic rings. The zero-order valence-electron chi connectivity index (χ0n) is 20.6. The minimum absolute atomic E-state index is 0.476. The summed E-state index contributed by atoms with van der Waals surface area (Å²) < 4.78 is 0. The lowest BCUT2D eigenvalue weighted by molar-refractivity contribution is 1.07. The highest BCUT2D eigenvalue weighted by Crippen LogP contribution is 2.30. The average molecular weight is 663 g/mol. The van der Waals surface area contributed by atoms with Crippen LogP contribution in [0.25, 0.3) is 0 Å². The van der Waals surface area contributed by atoms with E-state index >= 15 is 0 Å². The van der Waals surface area contributed by atoms with Gasteiger partial charge in [-0.25, -0.2) is 0 Å². The molecule has 0 saturated heterocycles. The van der Waals surface area contributed by atoms with Crippen molar-refractivity contribution in [2.75, 3.05) is 69.0 Å². The molecule has 200 valence electrons. The highest BCUT2D eigenvalue weighted by Gasteiger charge is 2.19. The second kappa shape index (κ2) is 26.1. The van der Waals surface area contributed by atoms with Crippen molar-refractivity contribution in [3.05, 3.63) is 0 Å². The average Bonchev–Trinajstić information content (AvgIpc) is 2.71. The highest BCUT2D eigenvalue weighted by atomic mass is 32.2. The first kappa shape index (κ1) is 36.8. The molecule has 0 saturated carbocycles. The van der Waals surface area contributed by atoms with E-state index in [2.05, 4.69) is 137 Å². The molecule has 0 rings (SSSR count). The summed E-state index contributed by atoms with van der Waals surface area (Å²) in [6.45, 7) is 8.77. The standard InChI is InChI=1S/C22H46S11/c1-17(23)9-27-5-7-29-13-21(15-31-11-19(3)25)33-22(16-32-12-20(4)26)14-30-8-6-28-10-18(2)24/h17-26H,5-16H2,1-4H3. The Morgan fingerprint density at radius 1 is 0.394 bits per heavy atom. The predicted molar refractivity (Wildman–Crippen MR) is 193 cm³/mol. The Hall–Kier alpha value is 3.85. The van der Waals surface area contributed by atoms with E-state index in [1.165, 1.54) is 46.0 Å².